The van der Waals surface area contributed by atoms with Crippen LogP contribution in [0.3, 0.4) is 0 Å². The van der Waals surface area contributed by atoms with Crippen molar-refractivity contribution in [2.75, 3.05) is 0 Å². The van der Waals surface area contributed by atoms with E-state index in [2.05, 4.69) is 6.92 Å². The van der Waals surface area contributed by atoms with Gasteiger partial charge in [-0.1, -0.05) is 39.0 Å². The summed E-state index contributed by atoms with van der Waals surface area (Å²) in [6.45, 7) is 7.82. The first-order chi connectivity index (χ1) is 9.19. The molecule has 2 heteroatoms. The third-order valence-corrected chi connectivity index (χ3v) is 2.69. The van der Waals surface area contributed by atoms with Crippen LogP contribution in [0.1, 0.15) is 31.9 Å². The number of hydrogen-bond acceptors (Lipinski definition) is 1. The summed E-state index contributed by atoms with van der Waals surface area (Å²) in [5.74, 6) is 1.03. The van der Waals surface area contributed by atoms with E-state index in [1.54, 1.807) is 19.1 Å². The summed E-state index contributed by atoms with van der Waals surface area (Å²) in [7, 11) is 0. The molecule has 2 aromatic carbocycles. The van der Waals surface area contributed by atoms with Gasteiger partial charge in [0.15, 0.2) is 0 Å². The van der Waals surface area contributed by atoms with Crippen LogP contribution in [0.15, 0.2) is 42.5 Å². The monoisotopic (exact) mass is 260 g/mol. The second-order valence-corrected chi connectivity index (χ2v) is 4.01. The van der Waals surface area contributed by atoms with Crippen LogP contribution in [-0.2, 0) is 6.42 Å². The maximum atomic E-state index is 13.3. The van der Waals surface area contributed by atoms with E-state index in [9.17, 15) is 4.39 Å². The molecule has 0 bridgehead atoms. The third kappa shape index (κ3) is 4.40. The van der Waals surface area contributed by atoms with E-state index in [1.165, 1.54) is 11.6 Å². The maximum Gasteiger partial charge on any atom is 0.130 e. The minimum absolute atomic E-state index is 0.242. The number of ether oxygens (including phenoxy) is 1. The third-order valence-electron chi connectivity index (χ3n) is 2.69. The molecule has 0 aliphatic carbocycles. The quantitative estimate of drug-likeness (QED) is 0.706. The lowest BCUT2D eigenvalue weighted by Crippen LogP contribution is -1.88. The van der Waals surface area contributed by atoms with E-state index in [0.717, 1.165) is 12.2 Å². The summed E-state index contributed by atoms with van der Waals surface area (Å²) in [4.78, 5) is 0. The van der Waals surface area contributed by atoms with Gasteiger partial charge in [-0.15, -0.1) is 0 Å². The van der Waals surface area contributed by atoms with Crippen LogP contribution in [0.25, 0.3) is 0 Å². The van der Waals surface area contributed by atoms with Gasteiger partial charge in [0.25, 0.3) is 0 Å². The largest absolute Gasteiger partial charge is 0.457 e. The van der Waals surface area contributed by atoms with Gasteiger partial charge in [-0.25, -0.2) is 4.39 Å². The zero-order chi connectivity index (χ0) is 14.3. The molecule has 0 aromatic heterocycles. The highest BCUT2D eigenvalue weighted by atomic mass is 19.1. The van der Waals surface area contributed by atoms with Crippen molar-refractivity contribution in [1.29, 1.82) is 0 Å². The van der Waals surface area contributed by atoms with E-state index in [-0.39, 0.29) is 5.82 Å². The van der Waals surface area contributed by atoms with E-state index in [4.69, 9.17) is 4.74 Å². The molecule has 0 saturated carbocycles. The molecule has 102 valence electrons. The zero-order valence-corrected chi connectivity index (χ0v) is 12.0. The Bertz CT molecular complexity index is 520. The Labute approximate surface area is 115 Å². The van der Waals surface area contributed by atoms with Crippen LogP contribution in [0.4, 0.5) is 4.39 Å². The second kappa shape index (κ2) is 7.57. The van der Waals surface area contributed by atoms with Gasteiger partial charge in [-0.3, -0.25) is 0 Å². The van der Waals surface area contributed by atoms with Crippen molar-refractivity contribution in [3.63, 3.8) is 0 Å². The molecule has 2 aromatic rings. The summed E-state index contributed by atoms with van der Waals surface area (Å²) >= 11 is 0. The predicted octanol–water partition coefficient (Wildman–Crippen LogP) is 5.52. The summed E-state index contributed by atoms with van der Waals surface area (Å²) in [6.07, 6.45) is 0.958. The topological polar surface area (TPSA) is 9.23 Å². The van der Waals surface area contributed by atoms with E-state index < -0.39 is 0 Å². The van der Waals surface area contributed by atoms with Crippen LogP contribution >= 0.6 is 0 Å². The highest BCUT2D eigenvalue weighted by molar-refractivity contribution is 5.35. The average molecular weight is 260 g/mol. The van der Waals surface area contributed by atoms with Crippen LogP contribution in [0.5, 0.6) is 11.5 Å². The molecule has 19 heavy (non-hydrogen) atoms. The number of rotatable bonds is 3. The van der Waals surface area contributed by atoms with Gasteiger partial charge < -0.3 is 4.74 Å². The van der Waals surface area contributed by atoms with E-state index in [1.807, 2.05) is 38.1 Å². The fraction of sp³-hybridized carbons (Fsp3) is 0.294. The Kier molecular flexibility index (Phi) is 6.07. The van der Waals surface area contributed by atoms with Crippen molar-refractivity contribution in [3.8, 4) is 11.5 Å². The van der Waals surface area contributed by atoms with Gasteiger partial charge in [0, 0.05) is 6.07 Å². The highest BCUT2D eigenvalue weighted by Gasteiger charge is 2.02. The first kappa shape index (κ1) is 15.2. The Morgan fingerprint density at radius 2 is 1.68 bits per heavy atom. The van der Waals surface area contributed by atoms with Gasteiger partial charge in [-0.05, 0) is 42.7 Å². The van der Waals surface area contributed by atoms with Gasteiger partial charge in [-0.2, -0.15) is 0 Å². The number of aryl methyl sites for hydroxylation is 2. The van der Waals surface area contributed by atoms with E-state index >= 15 is 0 Å². The van der Waals surface area contributed by atoms with Crippen LogP contribution in [-0.4, -0.2) is 0 Å². The predicted molar refractivity (Wildman–Crippen MR) is 78.4 cm³/mol. The van der Waals surface area contributed by atoms with Gasteiger partial charge in [0.1, 0.15) is 17.3 Å². The molecule has 0 radical (unpaired) electrons. The molecule has 0 N–H and O–H groups in total. The molecule has 0 amide bonds. The molecule has 0 aliphatic heterocycles. The fourth-order valence-electron chi connectivity index (χ4n) is 1.60. The molecule has 0 heterocycles. The molecule has 0 atom stereocenters. The molecule has 0 saturated heterocycles. The smallest absolute Gasteiger partial charge is 0.130 e. The normalized spacial score (nSPS) is 9.53. The van der Waals surface area contributed by atoms with Crippen LogP contribution in [0, 0.1) is 12.7 Å². The fourth-order valence-corrected chi connectivity index (χ4v) is 1.60. The highest BCUT2D eigenvalue weighted by Crippen LogP contribution is 2.24. The Hall–Kier alpha value is -1.83. The second-order valence-electron chi connectivity index (χ2n) is 4.01. The van der Waals surface area contributed by atoms with Crippen molar-refractivity contribution < 1.29 is 9.13 Å². The first-order valence-corrected chi connectivity index (χ1v) is 6.72. The van der Waals surface area contributed by atoms with Crippen molar-refractivity contribution >= 4 is 0 Å². The van der Waals surface area contributed by atoms with Gasteiger partial charge >= 0.3 is 0 Å². The molecule has 0 spiro atoms. The van der Waals surface area contributed by atoms with Gasteiger partial charge in [0.05, 0.1) is 0 Å². The Balaban J connectivity index is 0.000000861. The average Bonchev–Trinajstić information content (AvgIpc) is 2.45. The standard InChI is InChI=1S/C15H15FO.C2H6/c1-3-12-5-4-6-13(9-12)17-14-8-7-11(2)15(16)10-14;1-2/h4-10H,3H2,1-2H3;1-2H3. The Morgan fingerprint density at radius 3 is 2.32 bits per heavy atom. The molecule has 0 aliphatic rings. The molecular formula is C17H21FO. The minimum atomic E-state index is -0.242. The number of hydrogen-bond donors (Lipinski definition) is 0. The van der Waals surface area contributed by atoms with Crippen molar-refractivity contribution in [2.24, 2.45) is 0 Å². The van der Waals surface area contributed by atoms with Gasteiger partial charge in [0.2, 0.25) is 0 Å². The molecule has 1 nitrogen and oxygen atoms in total. The van der Waals surface area contributed by atoms with Crippen molar-refractivity contribution in [3.05, 3.63) is 59.4 Å². The molecule has 2 rings (SSSR count). The SMILES string of the molecule is CC.CCc1cccc(Oc2ccc(C)c(F)c2)c1. The Morgan fingerprint density at radius 1 is 1.00 bits per heavy atom. The summed E-state index contributed by atoms with van der Waals surface area (Å²) in [5.41, 5.74) is 1.83. The lowest BCUT2D eigenvalue weighted by Gasteiger charge is -2.07. The molecule has 0 unspecified atom stereocenters. The zero-order valence-electron chi connectivity index (χ0n) is 12.0. The van der Waals surface area contributed by atoms with E-state index in [0.29, 0.717) is 11.3 Å². The summed E-state index contributed by atoms with van der Waals surface area (Å²) in [5, 5.41) is 0. The first-order valence-electron chi connectivity index (χ1n) is 6.72. The number of halogens is 1. The number of benzene rings is 2. The minimum Gasteiger partial charge on any atom is -0.457 e. The summed E-state index contributed by atoms with van der Waals surface area (Å²) < 4.78 is 19.0. The van der Waals surface area contributed by atoms with Crippen LogP contribution < -0.4 is 4.74 Å². The summed E-state index contributed by atoms with van der Waals surface area (Å²) in [6, 6.07) is 12.7. The van der Waals surface area contributed by atoms with Crippen molar-refractivity contribution in [1.82, 2.24) is 0 Å². The lowest BCUT2D eigenvalue weighted by atomic mass is 10.1. The molecule has 0 fully saturated rings. The molecular weight excluding hydrogens is 239 g/mol. The van der Waals surface area contributed by atoms with Crippen LogP contribution in [0.2, 0.25) is 0 Å². The maximum absolute atomic E-state index is 13.3. The van der Waals surface area contributed by atoms with Crippen molar-refractivity contribution in [2.45, 2.75) is 34.1 Å². The lowest BCUT2D eigenvalue weighted by molar-refractivity contribution is 0.475.